The second kappa shape index (κ2) is 14.5. The Bertz CT molecular complexity index is 1770. The van der Waals surface area contributed by atoms with Crippen molar-refractivity contribution < 1.29 is 28.6 Å². The Labute approximate surface area is 281 Å². The van der Waals surface area contributed by atoms with Crippen molar-refractivity contribution in [1.29, 1.82) is 0 Å². The molecular formula is C34H38FN7O5S. The highest BCUT2D eigenvalue weighted by Crippen LogP contribution is 2.32. The third kappa shape index (κ3) is 7.05. The number of nitrogens with two attached hydrogens (primary N) is 1. The van der Waals surface area contributed by atoms with Crippen LogP contribution in [0.15, 0.2) is 66.7 Å². The lowest BCUT2D eigenvalue weighted by Crippen LogP contribution is -2.66. The Kier molecular flexibility index (Phi) is 10.0. The molecule has 0 unspecified atom stereocenters. The fourth-order valence-electron chi connectivity index (χ4n) is 6.28. The molecule has 6 rings (SSSR count). The van der Waals surface area contributed by atoms with E-state index in [-0.39, 0.29) is 63.4 Å². The van der Waals surface area contributed by atoms with Crippen molar-refractivity contribution in [2.75, 3.05) is 38.6 Å². The van der Waals surface area contributed by atoms with E-state index in [9.17, 15) is 18.8 Å². The van der Waals surface area contributed by atoms with E-state index in [1.165, 1.54) is 23.5 Å². The van der Waals surface area contributed by atoms with Gasteiger partial charge in [-0.15, -0.1) is 0 Å². The molecule has 3 aromatic carbocycles. The quantitative estimate of drug-likeness (QED) is 0.208. The fraction of sp³-hybridized carbons (Fsp3) is 0.353. The van der Waals surface area contributed by atoms with Gasteiger partial charge in [-0.1, -0.05) is 54.7 Å². The number of amides is 4. The fourth-order valence-corrected chi connectivity index (χ4v) is 7.07. The number of rotatable bonds is 12. The third-order valence-electron chi connectivity index (χ3n) is 8.50. The summed E-state index contributed by atoms with van der Waals surface area (Å²) < 4.78 is 19.8. The van der Waals surface area contributed by atoms with Crippen LogP contribution in [0.2, 0.25) is 0 Å². The van der Waals surface area contributed by atoms with Gasteiger partial charge in [-0.05, 0) is 53.4 Å². The van der Waals surface area contributed by atoms with E-state index in [2.05, 4.69) is 10.3 Å². The van der Waals surface area contributed by atoms with Gasteiger partial charge in [-0.25, -0.2) is 14.2 Å². The molecule has 0 saturated carbocycles. The minimum atomic E-state index is -0.823. The number of benzene rings is 3. The SMILES string of the molecule is CCCN(C(=O)NCc1ccc(F)cc1)N1CC(=O)N2[C@@H](Cc3ccc(OCCO)cc3)C(=O)N(Cc3cccc4sc(N)nc34)C[C@@H]21. The first-order valence-electron chi connectivity index (χ1n) is 15.9. The van der Waals surface area contributed by atoms with Crippen LogP contribution >= 0.6 is 11.3 Å². The summed E-state index contributed by atoms with van der Waals surface area (Å²) in [4.78, 5) is 49.6. The Balaban J connectivity index is 1.29. The number of thiazole rings is 1. The summed E-state index contributed by atoms with van der Waals surface area (Å²) in [6.45, 7) is 2.89. The average Bonchev–Trinajstić information content (AvgIpc) is 3.63. The lowest BCUT2D eigenvalue weighted by atomic mass is 9.99. The summed E-state index contributed by atoms with van der Waals surface area (Å²) in [5.41, 5.74) is 9.16. The highest BCUT2D eigenvalue weighted by atomic mass is 32.1. The van der Waals surface area contributed by atoms with Crippen molar-refractivity contribution in [2.45, 2.75) is 45.1 Å². The summed E-state index contributed by atoms with van der Waals surface area (Å²) in [6.07, 6.45) is 0.283. The van der Waals surface area contributed by atoms with Crippen LogP contribution in [-0.4, -0.2) is 92.8 Å². The molecule has 0 aliphatic carbocycles. The number of ether oxygens (including phenoxy) is 1. The molecule has 14 heteroatoms. The minimum Gasteiger partial charge on any atom is -0.491 e. The van der Waals surface area contributed by atoms with Gasteiger partial charge in [0.2, 0.25) is 11.8 Å². The summed E-state index contributed by atoms with van der Waals surface area (Å²) in [5, 5.41) is 15.7. The number of aliphatic hydroxyl groups excluding tert-OH is 1. The lowest BCUT2D eigenvalue weighted by molar-refractivity contribution is -0.157. The number of hydrazine groups is 1. The number of aromatic nitrogens is 1. The van der Waals surface area contributed by atoms with E-state index in [1.54, 1.807) is 44.1 Å². The Morgan fingerprint density at radius 3 is 2.60 bits per heavy atom. The first-order valence-corrected chi connectivity index (χ1v) is 16.7. The van der Waals surface area contributed by atoms with Crippen LogP contribution in [0.25, 0.3) is 10.2 Å². The van der Waals surface area contributed by atoms with Gasteiger partial charge in [0.25, 0.3) is 0 Å². The molecule has 3 heterocycles. The number of aliphatic hydroxyl groups is 1. The van der Waals surface area contributed by atoms with Crippen molar-refractivity contribution in [3.05, 3.63) is 89.2 Å². The predicted molar refractivity (Wildman–Crippen MR) is 179 cm³/mol. The van der Waals surface area contributed by atoms with Gasteiger partial charge in [0, 0.05) is 26.1 Å². The lowest BCUT2D eigenvalue weighted by Gasteiger charge is -2.46. The van der Waals surface area contributed by atoms with Crippen molar-refractivity contribution in [1.82, 2.24) is 30.1 Å². The Hall–Kier alpha value is -4.79. The zero-order valence-corrected chi connectivity index (χ0v) is 27.4. The number of carbonyl (C=O) groups excluding carboxylic acids is 3. The van der Waals surface area contributed by atoms with Crippen LogP contribution in [0.5, 0.6) is 5.75 Å². The van der Waals surface area contributed by atoms with Crippen molar-refractivity contribution in [2.24, 2.45) is 0 Å². The predicted octanol–water partition coefficient (Wildman–Crippen LogP) is 3.35. The number of fused-ring (bicyclic) bond motifs is 2. The molecule has 0 spiro atoms. The molecule has 2 aliphatic rings. The second-order valence-corrected chi connectivity index (χ2v) is 12.8. The molecular weight excluding hydrogens is 637 g/mol. The minimum absolute atomic E-state index is 0.0710. The van der Waals surface area contributed by atoms with E-state index < -0.39 is 18.2 Å². The number of urea groups is 1. The van der Waals surface area contributed by atoms with Gasteiger partial charge in [0.05, 0.1) is 29.9 Å². The molecule has 12 nitrogen and oxygen atoms in total. The molecule has 2 fully saturated rings. The number of halogens is 1. The zero-order valence-electron chi connectivity index (χ0n) is 26.5. The molecule has 4 aromatic rings. The smallest absolute Gasteiger partial charge is 0.332 e. The Morgan fingerprint density at radius 2 is 1.88 bits per heavy atom. The zero-order chi connectivity index (χ0) is 33.8. The van der Waals surface area contributed by atoms with Gasteiger partial charge < -0.3 is 30.7 Å². The number of piperazine rings is 1. The molecule has 48 heavy (non-hydrogen) atoms. The van der Waals surface area contributed by atoms with E-state index in [1.807, 2.05) is 37.3 Å². The molecule has 4 amide bonds. The van der Waals surface area contributed by atoms with Crippen LogP contribution < -0.4 is 15.8 Å². The van der Waals surface area contributed by atoms with Crippen LogP contribution in [0.1, 0.15) is 30.0 Å². The number of nitrogens with zero attached hydrogens (tertiary/aromatic N) is 5. The number of hydrogen-bond donors (Lipinski definition) is 3. The third-order valence-corrected chi connectivity index (χ3v) is 9.35. The van der Waals surface area contributed by atoms with Crippen LogP contribution in [0, 0.1) is 5.82 Å². The van der Waals surface area contributed by atoms with E-state index in [0.717, 1.165) is 26.9 Å². The van der Waals surface area contributed by atoms with Crippen LogP contribution in [-0.2, 0) is 29.1 Å². The molecule has 2 saturated heterocycles. The Morgan fingerprint density at radius 1 is 1.12 bits per heavy atom. The van der Waals surface area contributed by atoms with Gasteiger partial charge in [-0.3, -0.25) is 14.6 Å². The molecule has 1 aromatic heterocycles. The molecule has 2 aliphatic heterocycles. The molecule has 0 bridgehead atoms. The van der Waals surface area contributed by atoms with Crippen molar-refractivity contribution in [3.8, 4) is 5.75 Å². The number of anilines is 1. The van der Waals surface area contributed by atoms with Gasteiger partial charge in [0.15, 0.2) is 5.13 Å². The first kappa shape index (κ1) is 33.1. The highest BCUT2D eigenvalue weighted by molar-refractivity contribution is 7.22. The summed E-state index contributed by atoms with van der Waals surface area (Å²) in [7, 11) is 0. The maximum Gasteiger partial charge on any atom is 0.332 e. The second-order valence-electron chi connectivity index (χ2n) is 11.8. The normalized spacial score (nSPS) is 18.0. The summed E-state index contributed by atoms with van der Waals surface area (Å²) in [6, 6.07) is 17.7. The number of nitrogen functional groups attached to an aromatic ring is 1. The van der Waals surface area contributed by atoms with Crippen molar-refractivity contribution in [3.63, 3.8) is 0 Å². The molecule has 4 N–H and O–H groups in total. The molecule has 0 radical (unpaired) electrons. The summed E-state index contributed by atoms with van der Waals surface area (Å²) >= 11 is 1.38. The maximum absolute atomic E-state index is 14.3. The van der Waals surface area contributed by atoms with E-state index in [0.29, 0.717) is 23.8 Å². The van der Waals surface area contributed by atoms with Gasteiger partial charge in [-0.2, -0.15) is 5.01 Å². The monoisotopic (exact) mass is 675 g/mol. The topological polar surface area (TPSA) is 145 Å². The number of nitrogens with one attached hydrogen (secondary N) is 1. The number of carbonyl (C=O) groups is 3. The number of para-hydroxylation sites is 1. The first-order chi connectivity index (χ1) is 23.2. The van der Waals surface area contributed by atoms with Crippen molar-refractivity contribution >= 4 is 44.5 Å². The molecule has 2 atom stereocenters. The average molecular weight is 676 g/mol. The highest BCUT2D eigenvalue weighted by Gasteiger charge is 2.52. The largest absolute Gasteiger partial charge is 0.491 e. The van der Waals surface area contributed by atoms with E-state index >= 15 is 0 Å². The van der Waals surface area contributed by atoms with E-state index in [4.69, 9.17) is 15.6 Å². The molecule has 252 valence electrons. The van der Waals surface area contributed by atoms with Crippen LogP contribution in [0.4, 0.5) is 14.3 Å². The number of hydrogen-bond acceptors (Lipinski definition) is 9. The maximum atomic E-state index is 14.3. The standard InChI is InChI=1S/C34H38FN7O5S/c1-2-14-40(34(46)37-18-23-6-10-25(35)11-7-23)41-21-30(44)42-27(17-22-8-12-26(13-9-22)47-16-15-43)32(45)39(20-29(41)42)19-24-4-3-5-28-31(24)38-33(36)48-28/h3-13,27,29,43H,2,14-21H2,1H3,(H2,36,38)(H,37,46)/t27-,29+/m0/s1. The van der Waals surface area contributed by atoms with Gasteiger partial charge >= 0.3 is 6.03 Å². The summed E-state index contributed by atoms with van der Waals surface area (Å²) in [5.74, 6) is -0.226. The van der Waals surface area contributed by atoms with Gasteiger partial charge in [0.1, 0.15) is 30.4 Å². The van der Waals surface area contributed by atoms with Crippen LogP contribution in [0.3, 0.4) is 0 Å².